The van der Waals surface area contributed by atoms with E-state index in [0.717, 1.165) is 22.4 Å². The molecule has 0 spiro atoms. The van der Waals surface area contributed by atoms with Crippen LogP contribution in [-0.4, -0.2) is 34.0 Å². The Bertz CT molecular complexity index is 1170. The van der Waals surface area contributed by atoms with Crippen LogP contribution < -0.4 is 10.8 Å². The Morgan fingerprint density at radius 3 is 2.24 bits per heavy atom. The largest absolute Gasteiger partial charge is 0.392 e. The van der Waals surface area contributed by atoms with Crippen LogP contribution in [0.2, 0.25) is 0 Å². The van der Waals surface area contributed by atoms with Gasteiger partial charge >= 0.3 is 0 Å². The highest BCUT2D eigenvalue weighted by Crippen LogP contribution is 2.39. The first-order valence-electron chi connectivity index (χ1n) is 12.5. The van der Waals surface area contributed by atoms with E-state index in [9.17, 15) is 14.7 Å². The van der Waals surface area contributed by atoms with Gasteiger partial charge in [-0.3, -0.25) is 14.8 Å². The van der Waals surface area contributed by atoms with Gasteiger partial charge < -0.3 is 19.9 Å². The summed E-state index contributed by atoms with van der Waals surface area (Å²) in [6, 6.07) is 25.3. The molecule has 200 valence electrons. The van der Waals surface area contributed by atoms with Gasteiger partial charge in [0.05, 0.1) is 18.8 Å². The smallest absolute Gasteiger partial charge is 0.243 e. The molecule has 9 heteroatoms. The summed E-state index contributed by atoms with van der Waals surface area (Å²) in [7, 11) is 0. The van der Waals surface area contributed by atoms with Gasteiger partial charge in [0.1, 0.15) is 0 Å². The fraction of sp³-hybridized carbons (Fsp3) is 0.310. The molecule has 1 aliphatic heterocycles. The van der Waals surface area contributed by atoms with Crippen LogP contribution in [-0.2, 0) is 25.7 Å². The number of carbonyl (C=O) groups excluding carboxylic acids is 2. The van der Waals surface area contributed by atoms with Crippen LogP contribution in [0.25, 0.3) is 0 Å². The van der Waals surface area contributed by atoms with Crippen molar-refractivity contribution in [3.8, 4) is 0 Å². The predicted octanol–water partition coefficient (Wildman–Crippen LogP) is 5.13. The number of hydrogen-bond donors (Lipinski definition) is 4. The molecule has 0 aliphatic carbocycles. The molecular formula is C29H32N2O6S. The second-order valence-electron chi connectivity index (χ2n) is 9.03. The minimum atomic E-state index is -0.575. The lowest BCUT2D eigenvalue weighted by Crippen LogP contribution is -2.31. The number of aliphatic hydroxyl groups is 1. The molecule has 0 bridgehead atoms. The standard InChI is InChI=1S/C29H32N2O6S/c32-18-20-9-11-21(12-10-20)26-17-24(19-38-25-5-2-1-3-6-25)36-29(37-26)22-13-15-23(16-14-22)30-27(33)7-4-8-28(34)31-35/h1-3,5-6,9-16,24,26,29,32,35H,4,7-8,17-19H2,(H,30,33)(H,31,34)/t24-,26+,29+/m0/s1. The Morgan fingerprint density at radius 1 is 0.868 bits per heavy atom. The van der Waals surface area contributed by atoms with Crippen molar-refractivity contribution in [2.75, 3.05) is 11.1 Å². The van der Waals surface area contributed by atoms with Gasteiger partial charge in [-0.25, -0.2) is 5.48 Å². The Balaban J connectivity index is 1.41. The van der Waals surface area contributed by atoms with E-state index < -0.39 is 12.2 Å². The predicted molar refractivity (Wildman–Crippen MR) is 144 cm³/mol. The van der Waals surface area contributed by atoms with E-state index in [1.54, 1.807) is 29.4 Å². The topological polar surface area (TPSA) is 117 Å². The molecule has 0 radical (unpaired) electrons. The van der Waals surface area contributed by atoms with Gasteiger partial charge in [-0.1, -0.05) is 54.6 Å². The molecule has 38 heavy (non-hydrogen) atoms. The van der Waals surface area contributed by atoms with Crippen LogP contribution >= 0.6 is 11.8 Å². The van der Waals surface area contributed by atoms with E-state index >= 15 is 0 Å². The lowest BCUT2D eigenvalue weighted by atomic mass is 10.0. The zero-order chi connectivity index (χ0) is 26.7. The SMILES string of the molecule is O=C(CCCC(=O)Nc1ccc([C@@H]2O[C@H](CSc3ccccc3)C[C@H](c3ccc(CO)cc3)O2)cc1)NO. The summed E-state index contributed by atoms with van der Waals surface area (Å²) < 4.78 is 12.8. The van der Waals surface area contributed by atoms with Gasteiger partial charge in [-0.05, 0) is 41.8 Å². The molecule has 2 amide bonds. The van der Waals surface area contributed by atoms with Gasteiger partial charge in [0, 0.05) is 41.2 Å². The van der Waals surface area contributed by atoms with Crippen molar-refractivity contribution >= 4 is 29.3 Å². The molecule has 3 aromatic carbocycles. The molecule has 0 unspecified atom stereocenters. The molecule has 3 atom stereocenters. The van der Waals surface area contributed by atoms with Crippen LogP contribution in [0.1, 0.15) is 54.8 Å². The number of hydroxylamine groups is 1. The van der Waals surface area contributed by atoms with Crippen molar-refractivity contribution in [2.45, 2.75) is 55.7 Å². The van der Waals surface area contributed by atoms with Crippen molar-refractivity contribution in [3.63, 3.8) is 0 Å². The van der Waals surface area contributed by atoms with E-state index in [4.69, 9.17) is 14.7 Å². The average molecular weight is 537 g/mol. The zero-order valence-electron chi connectivity index (χ0n) is 20.9. The fourth-order valence-electron chi connectivity index (χ4n) is 4.14. The van der Waals surface area contributed by atoms with E-state index in [0.29, 0.717) is 18.5 Å². The van der Waals surface area contributed by atoms with Gasteiger partial charge in [0.2, 0.25) is 11.8 Å². The first kappa shape index (κ1) is 27.8. The summed E-state index contributed by atoms with van der Waals surface area (Å²) in [5.74, 6) is 0.0492. The number of amides is 2. The van der Waals surface area contributed by atoms with Gasteiger partial charge in [0.25, 0.3) is 0 Å². The monoisotopic (exact) mass is 536 g/mol. The number of ether oxygens (including phenoxy) is 2. The maximum atomic E-state index is 12.2. The molecule has 0 aromatic heterocycles. The number of nitrogens with one attached hydrogen (secondary N) is 2. The second kappa shape index (κ2) is 14.1. The minimum Gasteiger partial charge on any atom is -0.392 e. The third-order valence-electron chi connectivity index (χ3n) is 6.19. The molecular weight excluding hydrogens is 504 g/mol. The summed E-state index contributed by atoms with van der Waals surface area (Å²) in [5, 5.41) is 20.8. The lowest BCUT2D eigenvalue weighted by molar-refractivity contribution is -0.245. The maximum Gasteiger partial charge on any atom is 0.243 e. The quantitative estimate of drug-likeness (QED) is 0.152. The summed E-state index contributed by atoms with van der Waals surface area (Å²) in [4.78, 5) is 24.4. The summed E-state index contributed by atoms with van der Waals surface area (Å²) >= 11 is 1.75. The van der Waals surface area contributed by atoms with E-state index in [-0.39, 0.29) is 37.6 Å². The van der Waals surface area contributed by atoms with Crippen LogP contribution in [0.4, 0.5) is 5.69 Å². The van der Waals surface area contributed by atoms with Crippen molar-refractivity contribution in [1.29, 1.82) is 0 Å². The van der Waals surface area contributed by atoms with Gasteiger partial charge in [0.15, 0.2) is 6.29 Å². The maximum absolute atomic E-state index is 12.2. The summed E-state index contributed by atoms with van der Waals surface area (Å²) in [6.07, 6.45) is 0.499. The van der Waals surface area contributed by atoms with E-state index in [1.165, 1.54) is 4.90 Å². The molecule has 1 saturated heterocycles. The molecule has 4 rings (SSSR count). The third kappa shape index (κ3) is 8.14. The Kier molecular flexibility index (Phi) is 10.3. The first-order chi connectivity index (χ1) is 18.5. The number of carbonyl (C=O) groups is 2. The van der Waals surface area contributed by atoms with Crippen molar-refractivity contribution in [1.82, 2.24) is 5.48 Å². The number of anilines is 1. The van der Waals surface area contributed by atoms with E-state index in [1.807, 2.05) is 54.6 Å². The number of hydrogen-bond acceptors (Lipinski definition) is 7. The van der Waals surface area contributed by atoms with Crippen LogP contribution in [0.15, 0.2) is 83.8 Å². The first-order valence-corrected chi connectivity index (χ1v) is 13.5. The number of aliphatic hydroxyl groups excluding tert-OH is 1. The fourth-order valence-corrected chi connectivity index (χ4v) is 5.08. The zero-order valence-corrected chi connectivity index (χ0v) is 21.7. The number of thioether (sulfide) groups is 1. The highest BCUT2D eigenvalue weighted by atomic mass is 32.2. The van der Waals surface area contributed by atoms with E-state index in [2.05, 4.69) is 17.4 Å². The third-order valence-corrected chi connectivity index (χ3v) is 7.34. The minimum absolute atomic E-state index is 0.00520. The molecule has 4 N–H and O–H groups in total. The average Bonchev–Trinajstić information content (AvgIpc) is 2.96. The van der Waals surface area contributed by atoms with Crippen molar-refractivity contribution in [3.05, 3.63) is 95.6 Å². The Hall–Kier alpha value is -3.21. The second-order valence-corrected chi connectivity index (χ2v) is 10.1. The van der Waals surface area contributed by atoms with Crippen LogP contribution in [0.3, 0.4) is 0 Å². The van der Waals surface area contributed by atoms with Gasteiger partial charge in [-0.2, -0.15) is 0 Å². The van der Waals surface area contributed by atoms with Crippen LogP contribution in [0, 0.1) is 0 Å². The number of rotatable bonds is 11. The highest BCUT2D eigenvalue weighted by Gasteiger charge is 2.32. The highest BCUT2D eigenvalue weighted by molar-refractivity contribution is 7.99. The van der Waals surface area contributed by atoms with Crippen molar-refractivity contribution in [2.24, 2.45) is 0 Å². The normalized spacial score (nSPS) is 19.1. The Morgan fingerprint density at radius 2 is 1.55 bits per heavy atom. The lowest BCUT2D eigenvalue weighted by Gasteiger charge is -2.36. The molecule has 1 aliphatic rings. The van der Waals surface area contributed by atoms with Crippen molar-refractivity contribution < 1.29 is 29.4 Å². The molecule has 8 nitrogen and oxygen atoms in total. The molecule has 3 aromatic rings. The molecule has 0 saturated carbocycles. The van der Waals surface area contributed by atoms with Crippen LogP contribution in [0.5, 0.6) is 0 Å². The summed E-state index contributed by atoms with van der Waals surface area (Å²) in [5.41, 5.74) is 4.91. The number of benzene rings is 3. The Labute approximate surface area is 226 Å². The van der Waals surface area contributed by atoms with Gasteiger partial charge in [-0.15, -0.1) is 11.8 Å². The molecule has 1 heterocycles. The molecule has 1 fully saturated rings. The summed E-state index contributed by atoms with van der Waals surface area (Å²) in [6.45, 7) is -0.00520.